The van der Waals surface area contributed by atoms with Crippen LogP contribution in [0.1, 0.15) is 25.0 Å². The van der Waals surface area contributed by atoms with E-state index >= 15 is 0 Å². The Morgan fingerprint density at radius 3 is 1.65 bits per heavy atom. The molecule has 0 bridgehead atoms. The van der Waals surface area contributed by atoms with Gasteiger partial charge in [-0.15, -0.1) is 36.4 Å². The number of benzene rings is 5. The molecule has 48 heavy (non-hydrogen) atoms. The third-order valence-corrected chi connectivity index (χ3v) is 8.83. The summed E-state index contributed by atoms with van der Waals surface area (Å²) in [5.41, 5.74) is 9.41. The average Bonchev–Trinajstić information content (AvgIpc) is 3.71. The second-order valence-corrected chi connectivity index (χ2v) is 12.0. The van der Waals surface area contributed by atoms with E-state index in [1.54, 1.807) is 6.20 Å². The molecular formula is C43H30IrN2O2-2. The number of pyridine rings is 2. The van der Waals surface area contributed by atoms with E-state index in [4.69, 9.17) is 8.83 Å². The van der Waals surface area contributed by atoms with Gasteiger partial charge in [0.25, 0.3) is 0 Å². The van der Waals surface area contributed by atoms with Gasteiger partial charge in [0.1, 0.15) is 11.2 Å². The number of fused-ring (bicyclic) bond motifs is 6. The molecular weight excluding hydrogens is 769 g/mol. The fourth-order valence-electron chi connectivity index (χ4n) is 6.25. The van der Waals surface area contributed by atoms with E-state index in [1.165, 1.54) is 11.1 Å². The minimum atomic E-state index is -0.124. The maximum atomic E-state index is 6.18. The van der Waals surface area contributed by atoms with Crippen molar-refractivity contribution in [1.29, 1.82) is 0 Å². The van der Waals surface area contributed by atoms with E-state index < -0.39 is 0 Å². The predicted octanol–water partition coefficient (Wildman–Crippen LogP) is 11.2. The first-order valence-corrected chi connectivity index (χ1v) is 15.7. The zero-order valence-electron chi connectivity index (χ0n) is 26.4. The molecule has 1 radical (unpaired) electrons. The van der Waals surface area contributed by atoms with Crippen LogP contribution in [-0.2, 0) is 25.5 Å². The Morgan fingerprint density at radius 2 is 1.04 bits per heavy atom. The predicted molar refractivity (Wildman–Crippen MR) is 190 cm³/mol. The van der Waals surface area contributed by atoms with Gasteiger partial charge in [0, 0.05) is 48.7 Å². The fourth-order valence-corrected chi connectivity index (χ4v) is 6.25. The molecule has 9 aromatic rings. The standard InChI is InChI=1S/C26H20NO.C17H10NO.Ir/c1-26(2,18-9-4-3-5-10-18)19-15-16-27-23(17-19)22-13-8-12-21-20-11-6-7-14-24(20)28-25(21)22;1-2-10-16-12(6-1)13-7-5-8-14(17(13)19-16)15-9-3-4-11-18-15;/h3-12,14-17H,1-2H3;1-7,9-11H;/q2*-1;. The summed E-state index contributed by atoms with van der Waals surface area (Å²) in [6, 6.07) is 51.4. The molecule has 0 N–H and O–H groups in total. The van der Waals surface area contributed by atoms with Crippen LogP contribution in [0.5, 0.6) is 0 Å². The van der Waals surface area contributed by atoms with Crippen molar-refractivity contribution in [3.05, 3.63) is 169 Å². The molecule has 5 heteroatoms. The van der Waals surface area contributed by atoms with Crippen molar-refractivity contribution in [2.45, 2.75) is 19.3 Å². The molecule has 0 atom stereocenters. The Bertz CT molecular complexity index is 2500. The Balaban J connectivity index is 0.000000159. The van der Waals surface area contributed by atoms with Gasteiger partial charge in [-0.3, -0.25) is 0 Å². The number of para-hydroxylation sites is 2. The minimum Gasteiger partial charge on any atom is -0.501 e. The van der Waals surface area contributed by atoms with Crippen LogP contribution in [0.4, 0.5) is 0 Å². The molecule has 0 amide bonds. The smallest absolute Gasteiger partial charge is 0.120 e. The van der Waals surface area contributed by atoms with Crippen molar-refractivity contribution >= 4 is 43.9 Å². The minimum absolute atomic E-state index is 0. The maximum Gasteiger partial charge on any atom is 0.120 e. The second kappa shape index (κ2) is 13.0. The largest absolute Gasteiger partial charge is 0.501 e. The first-order chi connectivity index (χ1) is 23.1. The SMILES string of the molecule is CC(C)(c1ccccc1)c1ccnc(-c2[c-]ccc3c2oc2ccccc23)c1.[Ir].[c-]1ccc2c(oc3ccccc32)c1-c1ccccn1. The van der Waals surface area contributed by atoms with E-state index in [1.807, 2.05) is 79.0 Å². The van der Waals surface area contributed by atoms with Gasteiger partial charge in [0.2, 0.25) is 0 Å². The number of furan rings is 2. The summed E-state index contributed by atoms with van der Waals surface area (Å²) in [7, 11) is 0. The summed E-state index contributed by atoms with van der Waals surface area (Å²) >= 11 is 0. The molecule has 0 fully saturated rings. The molecule has 4 heterocycles. The number of hydrogen-bond donors (Lipinski definition) is 0. The topological polar surface area (TPSA) is 52.1 Å². The summed E-state index contributed by atoms with van der Waals surface area (Å²) < 4.78 is 12.1. The molecule has 4 aromatic heterocycles. The van der Waals surface area contributed by atoms with Gasteiger partial charge in [0.15, 0.2) is 0 Å². The molecule has 0 unspecified atom stereocenters. The molecule has 0 aliphatic carbocycles. The molecule has 0 saturated carbocycles. The van der Waals surface area contributed by atoms with Crippen LogP contribution in [0.3, 0.4) is 0 Å². The average molecular weight is 799 g/mol. The summed E-state index contributed by atoms with van der Waals surface area (Å²) in [4.78, 5) is 9.02. The molecule has 0 spiro atoms. The molecule has 0 aliphatic rings. The number of rotatable bonds is 4. The number of aromatic nitrogens is 2. The monoisotopic (exact) mass is 799 g/mol. The van der Waals surface area contributed by atoms with Crippen LogP contribution in [0.25, 0.3) is 66.4 Å². The van der Waals surface area contributed by atoms with Crippen LogP contribution in [0.2, 0.25) is 0 Å². The molecule has 235 valence electrons. The van der Waals surface area contributed by atoms with Gasteiger partial charge < -0.3 is 18.8 Å². The van der Waals surface area contributed by atoms with E-state index in [0.29, 0.717) is 0 Å². The Hall–Kier alpha value is -5.35. The quantitative estimate of drug-likeness (QED) is 0.166. The molecule has 4 nitrogen and oxygen atoms in total. The first kappa shape index (κ1) is 31.3. The van der Waals surface area contributed by atoms with Gasteiger partial charge in [-0.25, -0.2) is 0 Å². The van der Waals surface area contributed by atoms with Crippen LogP contribution < -0.4 is 0 Å². The van der Waals surface area contributed by atoms with E-state index in [2.05, 4.69) is 96.6 Å². The maximum absolute atomic E-state index is 6.18. The van der Waals surface area contributed by atoms with Gasteiger partial charge >= 0.3 is 0 Å². The molecule has 9 rings (SSSR count). The Morgan fingerprint density at radius 1 is 0.500 bits per heavy atom. The normalized spacial score (nSPS) is 11.4. The second-order valence-electron chi connectivity index (χ2n) is 12.0. The van der Waals surface area contributed by atoms with E-state index in [9.17, 15) is 0 Å². The third kappa shape index (κ3) is 5.62. The Labute approximate surface area is 292 Å². The van der Waals surface area contributed by atoms with Crippen molar-refractivity contribution in [1.82, 2.24) is 9.97 Å². The van der Waals surface area contributed by atoms with Crippen molar-refractivity contribution < 1.29 is 28.9 Å². The number of hydrogen-bond acceptors (Lipinski definition) is 4. The number of nitrogens with zero attached hydrogens (tertiary/aromatic N) is 2. The summed E-state index contributed by atoms with van der Waals surface area (Å²) in [6.45, 7) is 4.49. The van der Waals surface area contributed by atoms with Crippen LogP contribution in [0.15, 0.2) is 155 Å². The van der Waals surface area contributed by atoms with Crippen molar-refractivity contribution in [3.63, 3.8) is 0 Å². The van der Waals surface area contributed by atoms with E-state index in [0.717, 1.165) is 66.4 Å². The van der Waals surface area contributed by atoms with Crippen LogP contribution in [0, 0.1) is 12.1 Å². The summed E-state index contributed by atoms with van der Waals surface area (Å²) in [5, 5.41) is 4.45. The van der Waals surface area contributed by atoms with Crippen molar-refractivity contribution in [3.8, 4) is 22.5 Å². The molecule has 0 saturated heterocycles. The van der Waals surface area contributed by atoms with Gasteiger partial charge in [-0.05, 0) is 46.8 Å². The molecule has 0 aliphatic heterocycles. The van der Waals surface area contributed by atoms with Crippen LogP contribution in [-0.4, -0.2) is 9.97 Å². The van der Waals surface area contributed by atoms with Gasteiger partial charge in [-0.2, -0.15) is 0 Å². The van der Waals surface area contributed by atoms with Crippen LogP contribution >= 0.6 is 0 Å². The van der Waals surface area contributed by atoms with Gasteiger partial charge in [-0.1, -0.05) is 121 Å². The van der Waals surface area contributed by atoms with Crippen molar-refractivity contribution in [2.75, 3.05) is 0 Å². The zero-order valence-corrected chi connectivity index (χ0v) is 28.8. The van der Waals surface area contributed by atoms with Crippen molar-refractivity contribution in [2.24, 2.45) is 0 Å². The first-order valence-electron chi connectivity index (χ1n) is 15.7. The Kier molecular flexibility index (Phi) is 8.49. The molecule has 5 aromatic carbocycles. The zero-order chi connectivity index (χ0) is 31.8. The third-order valence-electron chi connectivity index (χ3n) is 8.83. The fraction of sp³-hybridized carbons (Fsp3) is 0.0698. The summed E-state index contributed by atoms with van der Waals surface area (Å²) in [5.74, 6) is 0. The van der Waals surface area contributed by atoms with Gasteiger partial charge in [0.05, 0.1) is 11.2 Å². The van der Waals surface area contributed by atoms with E-state index in [-0.39, 0.29) is 25.5 Å². The summed E-state index contributed by atoms with van der Waals surface area (Å²) in [6.07, 6.45) is 3.66.